The summed E-state index contributed by atoms with van der Waals surface area (Å²) in [5, 5.41) is 0. The Balaban J connectivity index is 3.01. The van der Waals surface area contributed by atoms with Crippen LogP contribution in [0.25, 0.3) is 0 Å². The van der Waals surface area contributed by atoms with Gasteiger partial charge in [-0.15, -0.1) is 0 Å². The first-order chi connectivity index (χ1) is 4.13. The van der Waals surface area contributed by atoms with Crippen molar-refractivity contribution in [3.8, 4) is 0 Å². The van der Waals surface area contributed by atoms with Gasteiger partial charge in [-0.1, -0.05) is 18.7 Å². The average molecular weight is 153 g/mol. The molecule has 0 amide bonds. The summed E-state index contributed by atoms with van der Waals surface area (Å²) in [6, 6.07) is 0. The summed E-state index contributed by atoms with van der Waals surface area (Å²) in [6.45, 7) is 4.33. The van der Waals surface area contributed by atoms with Gasteiger partial charge >= 0.3 is 0 Å². The number of hydrogen-bond donors (Lipinski definition) is 2. The van der Waals surface area contributed by atoms with Crippen LogP contribution in [0, 0.1) is 5.92 Å². The monoisotopic (exact) mass is 153 g/mol. The highest BCUT2D eigenvalue weighted by Gasteiger charge is 1.94. The molecule has 0 radical (unpaired) electrons. The van der Waals surface area contributed by atoms with Crippen molar-refractivity contribution in [2.75, 3.05) is 6.61 Å². The Bertz CT molecular complexity index is 95.8. The van der Waals surface area contributed by atoms with Crippen LogP contribution in [0.5, 0.6) is 0 Å². The minimum absolute atomic E-state index is 0.362. The summed E-state index contributed by atoms with van der Waals surface area (Å²) in [4.78, 5) is 6.46. The third-order valence-electron chi connectivity index (χ3n) is 0.547. The summed E-state index contributed by atoms with van der Waals surface area (Å²) >= 11 is -2.05. The molecule has 0 aromatic carbocycles. The molecule has 0 aliphatic rings. The lowest BCUT2D eigenvalue weighted by Crippen LogP contribution is -2.19. The van der Waals surface area contributed by atoms with Gasteiger partial charge in [0.15, 0.2) is 0 Å². The zero-order chi connectivity index (χ0) is 7.28. The summed E-state index contributed by atoms with van der Waals surface area (Å²) < 4.78 is 18.0. The molecular weight excluding hydrogens is 142 g/mol. The zero-order valence-corrected chi connectivity index (χ0v) is 6.27. The highest BCUT2D eigenvalue weighted by molar-refractivity contribution is 7.76. The number of rotatable bonds is 4. The highest BCUT2D eigenvalue weighted by Crippen LogP contribution is 1.89. The predicted octanol–water partition coefficient (Wildman–Crippen LogP) is 0.300. The molecule has 0 rings (SSSR count). The van der Waals surface area contributed by atoms with Gasteiger partial charge < -0.3 is 0 Å². The molecular formula is C4H11NO3S. The summed E-state index contributed by atoms with van der Waals surface area (Å²) in [7, 11) is 0. The largest absolute Gasteiger partial charge is 0.292 e. The van der Waals surface area contributed by atoms with E-state index in [1.54, 1.807) is 0 Å². The Kier molecular flexibility index (Phi) is 4.88. The lowest BCUT2D eigenvalue weighted by Gasteiger charge is -2.02. The highest BCUT2D eigenvalue weighted by atomic mass is 32.2. The van der Waals surface area contributed by atoms with E-state index in [4.69, 9.17) is 4.55 Å². The van der Waals surface area contributed by atoms with E-state index in [2.05, 4.69) is 4.84 Å². The first-order valence-corrected chi connectivity index (χ1v) is 3.72. The van der Waals surface area contributed by atoms with Crippen molar-refractivity contribution in [3.05, 3.63) is 0 Å². The first kappa shape index (κ1) is 9.03. The normalized spacial score (nSPS) is 14.2. The van der Waals surface area contributed by atoms with Crippen LogP contribution < -0.4 is 4.89 Å². The molecule has 0 fully saturated rings. The molecule has 0 aromatic rings. The minimum Gasteiger partial charge on any atom is -0.292 e. The Morgan fingerprint density at radius 3 is 2.67 bits per heavy atom. The summed E-state index contributed by atoms with van der Waals surface area (Å²) in [5.41, 5.74) is 0. The van der Waals surface area contributed by atoms with Gasteiger partial charge in [0.1, 0.15) is 0 Å². The SMILES string of the molecule is CC(C)CONS(=O)O. The van der Waals surface area contributed by atoms with Gasteiger partial charge in [0.25, 0.3) is 11.3 Å². The second kappa shape index (κ2) is 4.87. The van der Waals surface area contributed by atoms with E-state index in [1.165, 1.54) is 0 Å². The van der Waals surface area contributed by atoms with Crippen molar-refractivity contribution in [1.29, 1.82) is 0 Å². The van der Waals surface area contributed by atoms with Crippen LogP contribution in [0.2, 0.25) is 0 Å². The van der Waals surface area contributed by atoms with E-state index in [0.29, 0.717) is 12.5 Å². The average Bonchev–Trinajstić information content (AvgIpc) is 1.63. The molecule has 4 nitrogen and oxygen atoms in total. The van der Waals surface area contributed by atoms with Gasteiger partial charge in [-0.05, 0) is 5.92 Å². The first-order valence-electron chi connectivity index (χ1n) is 2.61. The van der Waals surface area contributed by atoms with E-state index < -0.39 is 11.3 Å². The Labute approximate surface area is 57.0 Å². The van der Waals surface area contributed by atoms with Gasteiger partial charge in [0, 0.05) is 0 Å². The van der Waals surface area contributed by atoms with E-state index in [-0.39, 0.29) is 0 Å². The maximum Gasteiger partial charge on any atom is 0.256 e. The molecule has 2 N–H and O–H groups in total. The van der Waals surface area contributed by atoms with E-state index in [1.807, 2.05) is 18.7 Å². The Morgan fingerprint density at radius 1 is 1.78 bits per heavy atom. The number of nitrogens with one attached hydrogen (secondary N) is 1. The fraction of sp³-hybridized carbons (Fsp3) is 1.00. The molecule has 0 aliphatic carbocycles. The topological polar surface area (TPSA) is 58.6 Å². The minimum atomic E-state index is -2.05. The quantitative estimate of drug-likeness (QED) is 0.451. The Morgan fingerprint density at radius 2 is 2.33 bits per heavy atom. The molecule has 0 spiro atoms. The molecule has 56 valence electrons. The van der Waals surface area contributed by atoms with Crippen molar-refractivity contribution in [2.24, 2.45) is 5.92 Å². The van der Waals surface area contributed by atoms with Crippen molar-refractivity contribution in [1.82, 2.24) is 4.89 Å². The van der Waals surface area contributed by atoms with Crippen molar-refractivity contribution in [2.45, 2.75) is 13.8 Å². The fourth-order valence-corrected chi connectivity index (χ4v) is 0.420. The van der Waals surface area contributed by atoms with Crippen LogP contribution in [0.3, 0.4) is 0 Å². The van der Waals surface area contributed by atoms with Gasteiger partial charge in [0.05, 0.1) is 6.61 Å². The summed E-state index contributed by atoms with van der Waals surface area (Å²) in [6.07, 6.45) is 0. The maximum absolute atomic E-state index is 9.86. The molecule has 1 atom stereocenters. The van der Waals surface area contributed by atoms with Crippen LogP contribution in [-0.4, -0.2) is 15.4 Å². The molecule has 5 heteroatoms. The third kappa shape index (κ3) is 8.03. The molecule has 0 saturated carbocycles. The van der Waals surface area contributed by atoms with Crippen LogP contribution in [0.4, 0.5) is 0 Å². The van der Waals surface area contributed by atoms with Crippen LogP contribution >= 0.6 is 0 Å². The molecule has 1 unspecified atom stereocenters. The van der Waals surface area contributed by atoms with Gasteiger partial charge in [0.2, 0.25) is 0 Å². The molecule has 0 bridgehead atoms. The second-order valence-corrected chi connectivity index (χ2v) is 2.70. The Hall–Kier alpha value is 0.0300. The standard InChI is InChI=1S/C4H11NO3S/c1-4(2)3-8-5-9(6)7/h4-5H,3H2,1-2H3,(H,6,7). The van der Waals surface area contributed by atoms with E-state index >= 15 is 0 Å². The molecule has 0 saturated heterocycles. The molecule has 0 aliphatic heterocycles. The molecule has 0 heterocycles. The fourth-order valence-electron chi connectivity index (χ4n) is 0.251. The lowest BCUT2D eigenvalue weighted by molar-refractivity contribution is 0.0709. The van der Waals surface area contributed by atoms with Crippen molar-refractivity contribution in [3.63, 3.8) is 0 Å². The van der Waals surface area contributed by atoms with Crippen LogP contribution in [-0.2, 0) is 16.1 Å². The molecule has 9 heavy (non-hydrogen) atoms. The van der Waals surface area contributed by atoms with Gasteiger partial charge in [-0.2, -0.15) is 0 Å². The maximum atomic E-state index is 9.86. The van der Waals surface area contributed by atoms with E-state index in [0.717, 1.165) is 0 Å². The number of hydrogen-bond acceptors (Lipinski definition) is 2. The van der Waals surface area contributed by atoms with E-state index in [9.17, 15) is 4.21 Å². The van der Waals surface area contributed by atoms with Gasteiger partial charge in [-0.3, -0.25) is 9.39 Å². The van der Waals surface area contributed by atoms with Gasteiger partial charge in [-0.25, -0.2) is 4.21 Å². The predicted molar refractivity (Wildman–Crippen MR) is 34.7 cm³/mol. The van der Waals surface area contributed by atoms with Crippen LogP contribution in [0.1, 0.15) is 13.8 Å². The smallest absolute Gasteiger partial charge is 0.256 e. The zero-order valence-electron chi connectivity index (χ0n) is 5.46. The molecule has 0 aromatic heterocycles. The third-order valence-corrected chi connectivity index (χ3v) is 0.807. The van der Waals surface area contributed by atoms with Crippen molar-refractivity contribution >= 4 is 11.3 Å². The summed E-state index contributed by atoms with van der Waals surface area (Å²) in [5.74, 6) is 0.362. The second-order valence-electron chi connectivity index (χ2n) is 2.04. The van der Waals surface area contributed by atoms with Crippen molar-refractivity contribution < 1.29 is 13.6 Å². The lowest BCUT2D eigenvalue weighted by atomic mass is 10.2. The van der Waals surface area contributed by atoms with Crippen LogP contribution in [0.15, 0.2) is 0 Å².